The van der Waals surface area contributed by atoms with Crippen molar-refractivity contribution in [3.8, 4) is 11.1 Å². The Hall–Kier alpha value is -3.73. The normalized spacial score (nSPS) is 13.8. The lowest BCUT2D eigenvalue weighted by molar-refractivity contribution is -0.142. The number of nitrogens with one attached hydrogen (secondary N) is 2. The largest absolute Gasteiger partial charge is 0.480 e. The van der Waals surface area contributed by atoms with Crippen molar-refractivity contribution in [1.29, 1.82) is 0 Å². The lowest BCUT2D eigenvalue weighted by Gasteiger charge is -2.22. The number of rotatable bonds is 10. The monoisotopic (exact) mass is 520 g/mol. The van der Waals surface area contributed by atoms with Crippen molar-refractivity contribution < 1.29 is 42.5 Å². The smallest absolute Gasteiger partial charge is 0.407 e. The molecule has 2 amide bonds. The number of alkyl carbamates (subject to hydrolysis) is 2. The summed E-state index contributed by atoms with van der Waals surface area (Å²) in [5.74, 6) is -5.21. The molecule has 0 fully saturated rings. The summed E-state index contributed by atoms with van der Waals surface area (Å²) in [6.07, 6.45) is -2.04. The highest BCUT2D eigenvalue weighted by atomic mass is 19.3. The van der Waals surface area contributed by atoms with E-state index in [0.717, 1.165) is 22.3 Å². The Labute approximate surface area is 213 Å². The Morgan fingerprint density at radius 3 is 2.08 bits per heavy atom. The van der Waals surface area contributed by atoms with Gasteiger partial charge in [-0.2, -0.15) is 0 Å². The number of carboxylic acid groups (broad SMARTS) is 1. The number of amides is 2. The van der Waals surface area contributed by atoms with Gasteiger partial charge in [0.25, 0.3) is 5.92 Å². The number of alkyl halides is 2. The lowest BCUT2D eigenvalue weighted by Crippen LogP contribution is -2.46. The third-order valence-electron chi connectivity index (χ3n) is 5.42. The van der Waals surface area contributed by atoms with Crippen molar-refractivity contribution >= 4 is 18.2 Å². The van der Waals surface area contributed by atoms with Gasteiger partial charge in [-0.15, -0.1) is 0 Å². The molecule has 0 heterocycles. The minimum absolute atomic E-state index is 0.0402. The third-order valence-corrected chi connectivity index (χ3v) is 5.42. The summed E-state index contributed by atoms with van der Waals surface area (Å²) in [5, 5.41) is 13.4. The van der Waals surface area contributed by atoms with Gasteiger partial charge in [-0.05, 0) is 43.0 Å². The van der Waals surface area contributed by atoms with Gasteiger partial charge in [0.1, 0.15) is 18.8 Å². The molecule has 1 aliphatic carbocycles. The van der Waals surface area contributed by atoms with Crippen LogP contribution in [0.1, 0.15) is 37.8 Å². The molecule has 1 unspecified atom stereocenters. The van der Waals surface area contributed by atoms with E-state index in [-0.39, 0.29) is 12.5 Å². The number of carbonyl (C=O) groups excluding carboxylic acids is 2. The van der Waals surface area contributed by atoms with E-state index in [4.69, 9.17) is 14.2 Å². The van der Waals surface area contributed by atoms with E-state index < -0.39 is 55.5 Å². The second kappa shape index (κ2) is 11.5. The average molecular weight is 521 g/mol. The van der Waals surface area contributed by atoms with Crippen molar-refractivity contribution in [2.24, 2.45) is 0 Å². The number of aliphatic carboxylic acids is 1. The van der Waals surface area contributed by atoms with E-state index in [1.807, 2.05) is 53.8 Å². The summed E-state index contributed by atoms with van der Waals surface area (Å²) in [6, 6.07) is 13.8. The van der Waals surface area contributed by atoms with Crippen LogP contribution in [0.4, 0.5) is 18.4 Å². The first-order chi connectivity index (χ1) is 17.4. The summed E-state index contributed by atoms with van der Waals surface area (Å²) < 4.78 is 43.0. The van der Waals surface area contributed by atoms with Crippen LogP contribution >= 0.6 is 0 Å². The first-order valence-electron chi connectivity index (χ1n) is 11.6. The molecular formula is C26H30F2N2O7. The Bertz CT molecular complexity index is 1090. The van der Waals surface area contributed by atoms with Crippen LogP contribution in [-0.4, -0.2) is 67.2 Å². The minimum atomic E-state index is -3.50. The minimum Gasteiger partial charge on any atom is -0.480 e. The van der Waals surface area contributed by atoms with Gasteiger partial charge in [0.15, 0.2) is 6.04 Å². The fourth-order valence-electron chi connectivity index (χ4n) is 3.85. The molecule has 1 aliphatic rings. The quantitative estimate of drug-likeness (QED) is 0.430. The van der Waals surface area contributed by atoms with Crippen LogP contribution in [0.25, 0.3) is 11.1 Å². The maximum Gasteiger partial charge on any atom is 0.407 e. The number of hydrogen-bond donors (Lipinski definition) is 3. The molecule has 37 heavy (non-hydrogen) atoms. The zero-order valence-corrected chi connectivity index (χ0v) is 20.8. The van der Waals surface area contributed by atoms with E-state index in [2.05, 4.69) is 5.32 Å². The highest BCUT2D eigenvalue weighted by molar-refractivity contribution is 5.81. The molecule has 0 saturated heterocycles. The van der Waals surface area contributed by atoms with Crippen LogP contribution < -0.4 is 10.6 Å². The molecule has 200 valence electrons. The van der Waals surface area contributed by atoms with E-state index in [1.54, 1.807) is 20.8 Å². The molecule has 0 aliphatic heterocycles. The van der Waals surface area contributed by atoms with Crippen LogP contribution in [0.3, 0.4) is 0 Å². The highest BCUT2D eigenvalue weighted by Crippen LogP contribution is 2.44. The second-order valence-electron chi connectivity index (χ2n) is 9.59. The summed E-state index contributed by atoms with van der Waals surface area (Å²) in [6.45, 7) is 1.73. The van der Waals surface area contributed by atoms with Gasteiger partial charge in [0.2, 0.25) is 0 Å². The summed E-state index contributed by atoms with van der Waals surface area (Å²) >= 11 is 0. The summed E-state index contributed by atoms with van der Waals surface area (Å²) in [7, 11) is 0. The molecule has 0 bridgehead atoms. The Morgan fingerprint density at radius 2 is 1.54 bits per heavy atom. The SMILES string of the molecule is CC(C)(C)OC(=O)NCC(F)(F)COCC(NC(=O)OCC1c2ccccc2-c2ccccc21)C(=O)O. The van der Waals surface area contributed by atoms with Crippen LogP contribution in [-0.2, 0) is 19.0 Å². The molecule has 0 spiro atoms. The molecule has 0 radical (unpaired) electrons. The predicted molar refractivity (Wildman–Crippen MR) is 130 cm³/mol. The second-order valence-corrected chi connectivity index (χ2v) is 9.59. The van der Waals surface area contributed by atoms with Gasteiger partial charge in [-0.3, -0.25) is 0 Å². The van der Waals surface area contributed by atoms with Crippen LogP contribution in [0.2, 0.25) is 0 Å². The van der Waals surface area contributed by atoms with Crippen LogP contribution in [0.5, 0.6) is 0 Å². The van der Waals surface area contributed by atoms with Gasteiger partial charge < -0.3 is 30.0 Å². The van der Waals surface area contributed by atoms with Crippen molar-refractivity contribution in [2.45, 2.75) is 44.3 Å². The number of hydrogen-bond acceptors (Lipinski definition) is 6. The Kier molecular flexibility index (Phi) is 8.69. The fraction of sp³-hybridized carbons (Fsp3) is 0.423. The lowest BCUT2D eigenvalue weighted by atomic mass is 9.98. The maximum atomic E-state index is 14.0. The first-order valence-corrected chi connectivity index (χ1v) is 11.6. The fourth-order valence-corrected chi connectivity index (χ4v) is 3.85. The predicted octanol–water partition coefficient (Wildman–Crippen LogP) is 4.15. The Morgan fingerprint density at radius 1 is 0.973 bits per heavy atom. The molecule has 11 heteroatoms. The zero-order valence-electron chi connectivity index (χ0n) is 20.8. The zero-order chi connectivity index (χ0) is 27.2. The molecule has 9 nitrogen and oxygen atoms in total. The average Bonchev–Trinajstić information content (AvgIpc) is 3.13. The number of halogens is 2. The van der Waals surface area contributed by atoms with Crippen molar-refractivity contribution in [3.63, 3.8) is 0 Å². The van der Waals surface area contributed by atoms with Gasteiger partial charge >= 0.3 is 18.2 Å². The van der Waals surface area contributed by atoms with Gasteiger partial charge in [0.05, 0.1) is 13.2 Å². The summed E-state index contributed by atoms with van der Waals surface area (Å²) in [4.78, 5) is 35.4. The van der Waals surface area contributed by atoms with E-state index in [0.29, 0.717) is 0 Å². The van der Waals surface area contributed by atoms with Crippen molar-refractivity contribution in [2.75, 3.05) is 26.4 Å². The van der Waals surface area contributed by atoms with E-state index >= 15 is 0 Å². The van der Waals surface area contributed by atoms with Gasteiger partial charge in [-0.1, -0.05) is 48.5 Å². The molecule has 1 atom stereocenters. The first kappa shape index (κ1) is 27.9. The van der Waals surface area contributed by atoms with Gasteiger partial charge in [-0.25, -0.2) is 23.2 Å². The van der Waals surface area contributed by atoms with Crippen molar-refractivity contribution in [3.05, 3.63) is 59.7 Å². The molecule has 3 N–H and O–H groups in total. The number of fused-ring (bicyclic) bond motifs is 3. The van der Waals surface area contributed by atoms with Crippen LogP contribution in [0, 0.1) is 0 Å². The topological polar surface area (TPSA) is 123 Å². The number of benzene rings is 2. The standard InChI is InChI=1S/C26H30F2N2O7/c1-25(2,3)37-23(33)29-14-26(27,28)15-35-13-21(22(31)32)30-24(34)36-12-20-18-10-6-4-8-16(18)17-9-5-7-11-19(17)20/h4-11,20-21H,12-15H2,1-3H3,(H,29,33)(H,30,34)(H,31,32). The van der Waals surface area contributed by atoms with Crippen LogP contribution in [0.15, 0.2) is 48.5 Å². The molecule has 0 aromatic heterocycles. The molecule has 0 saturated carbocycles. The van der Waals surface area contributed by atoms with Gasteiger partial charge in [0, 0.05) is 5.92 Å². The highest BCUT2D eigenvalue weighted by Gasteiger charge is 2.33. The number of carboxylic acids is 1. The number of ether oxygens (including phenoxy) is 3. The third kappa shape index (κ3) is 7.88. The van der Waals surface area contributed by atoms with E-state index in [9.17, 15) is 28.3 Å². The molecule has 3 rings (SSSR count). The number of carbonyl (C=O) groups is 3. The summed E-state index contributed by atoms with van der Waals surface area (Å²) in [5.41, 5.74) is 3.18. The maximum absolute atomic E-state index is 14.0. The molecule has 2 aromatic carbocycles. The van der Waals surface area contributed by atoms with Crippen molar-refractivity contribution in [1.82, 2.24) is 10.6 Å². The Balaban J connectivity index is 1.48. The molecular weight excluding hydrogens is 490 g/mol. The van der Waals surface area contributed by atoms with E-state index in [1.165, 1.54) is 0 Å². The molecule has 2 aromatic rings.